The summed E-state index contributed by atoms with van der Waals surface area (Å²) < 4.78 is 7.11. The molecule has 4 aromatic rings. The van der Waals surface area contributed by atoms with Gasteiger partial charge in [0.15, 0.2) is 11.5 Å². The maximum atomic E-state index is 11.4. The lowest BCUT2D eigenvalue weighted by Gasteiger charge is -2.28. The number of anilines is 3. The Hall–Kier alpha value is -3.50. The molecule has 0 bridgehead atoms. The van der Waals surface area contributed by atoms with E-state index < -0.39 is 5.91 Å². The third-order valence-electron chi connectivity index (χ3n) is 4.91. The molecule has 1 amide bonds. The summed E-state index contributed by atoms with van der Waals surface area (Å²) in [5.41, 5.74) is 8.78. The Balaban J connectivity index is 1.41. The maximum absolute atomic E-state index is 11.4. The number of hydrogen-bond acceptors (Lipinski definition) is 8. The quantitative estimate of drug-likeness (QED) is 0.509. The van der Waals surface area contributed by atoms with E-state index in [1.165, 1.54) is 23.4 Å². The van der Waals surface area contributed by atoms with E-state index in [0.29, 0.717) is 16.3 Å². The molecule has 3 N–H and O–H groups in total. The highest BCUT2D eigenvalue weighted by molar-refractivity contribution is 7.17. The smallest absolute Gasteiger partial charge is 0.258 e. The first-order valence-electron chi connectivity index (χ1n) is 9.47. The number of rotatable bonds is 5. The van der Waals surface area contributed by atoms with Crippen LogP contribution in [0.25, 0.3) is 16.2 Å². The fourth-order valence-corrected chi connectivity index (χ4v) is 4.25. The van der Waals surface area contributed by atoms with E-state index in [2.05, 4.69) is 37.4 Å². The Labute approximate surface area is 176 Å². The van der Waals surface area contributed by atoms with Crippen LogP contribution in [0.3, 0.4) is 0 Å². The largest absolute Gasteiger partial charge is 0.378 e. The van der Waals surface area contributed by atoms with Gasteiger partial charge in [-0.25, -0.2) is 14.5 Å². The summed E-state index contributed by atoms with van der Waals surface area (Å²) in [4.78, 5) is 23.9. The SMILES string of the molecule is NC(=O)c1ccc(-c2cnc(Nc3ccc(N4CCOCC4)cc3)c3ncnn23)s1. The molecule has 1 saturated heterocycles. The predicted octanol–water partition coefficient (Wildman–Crippen LogP) is 2.53. The summed E-state index contributed by atoms with van der Waals surface area (Å²) >= 11 is 1.30. The molecule has 0 radical (unpaired) electrons. The summed E-state index contributed by atoms with van der Waals surface area (Å²) in [6.45, 7) is 3.31. The molecule has 0 spiro atoms. The fourth-order valence-electron chi connectivity index (χ4n) is 3.40. The molecule has 0 unspecified atom stereocenters. The summed E-state index contributed by atoms with van der Waals surface area (Å²) in [5.74, 6) is 0.148. The zero-order valence-electron chi connectivity index (χ0n) is 16.0. The van der Waals surface area contributed by atoms with Crippen LogP contribution in [0.1, 0.15) is 9.67 Å². The number of ether oxygens (including phenoxy) is 1. The normalized spacial score (nSPS) is 14.2. The minimum atomic E-state index is -0.451. The Kier molecular flexibility index (Phi) is 4.77. The number of primary amides is 1. The van der Waals surface area contributed by atoms with Crippen LogP contribution in [0.15, 0.2) is 48.9 Å². The molecule has 9 nitrogen and oxygen atoms in total. The molecule has 4 heterocycles. The average molecular weight is 421 g/mol. The van der Waals surface area contributed by atoms with Crippen molar-refractivity contribution in [3.8, 4) is 10.6 Å². The van der Waals surface area contributed by atoms with Crippen LogP contribution in [0.4, 0.5) is 17.2 Å². The first kappa shape index (κ1) is 18.5. The molecule has 0 saturated carbocycles. The van der Waals surface area contributed by atoms with Gasteiger partial charge >= 0.3 is 0 Å². The van der Waals surface area contributed by atoms with Crippen molar-refractivity contribution in [1.82, 2.24) is 19.6 Å². The van der Waals surface area contributed by atoms with E-state index in [4.69, 9.17) is 10.5 Å². The number of benzene rings is 1. The van der Waals surface area contributed by atoms with Gasteiger partial charge in [0, 0.05) is 24.5 Å². The molecule has 10 heteroatoms. The second-order valence-corrected chi connectivity index (χ2v) is 7.87. The standard InChI is InChI=1S/C20H19N7O2S/c21-18(28)17-6-5-16(30-17)15-11-22-19(20-23-12-24-27(15)20)25-13-1-3-14(4-2-13)26-7-9-29-10-8-26/h1-6,11-12H,7-10H2,(H2,21,28)(H,22,25). The summed E-state index contributed by atoms with van der Waals surface area (Å²) in [6.07, 6.45) is 3.19. The summed E-state index contributed by atoms with van der Waals surface area (Å²) in [5, 5.41) is 7.64. The molecule has 3 aromatic heterocycles. The summed E-state index contributed by atoms with van der Waals surface area (Å²) in [7, 11) is 0. The highest BCUT2D eigenvalue weighted by Gasteiger charge is 2.15. The zero-order chi connectivity index (χ0) is 20.5. The van der Waals surface area contributed by atoms with E-state index in [1.807, 2.05) is 18.2 Å². The molecule has 0 aliphatic carbocycles. The number of morpholine rings is 1. The van der Waals surface area contributed by atoms with Crippen LogP contribution in [-0.4, -0.2) is 51.8 Å². The van der Waals surface area contributed by atoms with Gasteiger partial charge in [-0.05, 0) is 36.4 Å². The van der Waals surface area contributed by atoms with Crippen LogP contribution >= 0.6 is 11.3 Å². The van der Waals surface area contributed by atoms with Crippen molar-refractivity contribution in [2.75, 3.05) is 36.5 Å². The van der Waals surface area contributed by atoms with Gasteiger partial charge in [0.1, 0.15) is 12.0 Å². The number of carbonyl (C=O) groups excluding carboxylic acids is 1. The van der Waals surface area contributed by atoms with Crippen molar-refractivity contribution in [3.63, 3.8) is 0 Å². The lowest BCUT2D eigenvalue weighted by molar-refractivity contribution is 0.100. The molecular weight excluding hydrogens is 402 g/mol. The van der Waals surface area contributed by atoms with E-state index >= 15 is 0 Å². The van der Waals surface area contributed by atoms with Crippen LogP contribution in [0.2, 0.25) is 0 Å². The molecule has 30 heavy (non-hydrogen) atoms. The molecule has 1 fully saturated rings. The number of carbonyl (C=O) groups is 1. The van der Waals surface area contributed by atoms with Crippen LogP contribution in [0.5, 0.6) is 0 Å². The topological polar surface area (TPSA) is 111 Å². The number of fused-ring (bicyclic) bond motifs is 1. The van der Waals surface area contributed by atoms with E-state index in [9.17, 15) is 4.79 Å². The average Bonchev–Trinajstić information content (AvgIpc) is 3.46. The highest BCUT2D eigenvalue weighted by Crippen LogP contribution is 2.30. The van der Waals surface area contributed by atoms with Crippen molar-refractivity contribution in [3.05, 3.63) is 53.8 Å². The van der Waals surface area contributed by atoms with Crippen LogP contribution in [0, 0.1) is 0 Å². The van der Waals surface area contributed by atoms with Crippen LogP contribution < -0.4 is 16.0 Å². The third-order valence-corrected chi connectivity index (χ3v) is 6.03. The Morgan fingerprint density at radius 2 is 1.90 bits per heavy atom. The third kappa shape index (κ3) is 3.46. The fraction of sp³-hybridized carbons (Fsp3) is 0.200. The number of nitrogens with zero attached hydrogens (tertiary/aromatic N) is 5. The van der Waals surface area contributed by atoms with Crippen molar-refractivity contribution in [2.24, 2.45) is 5.73 Å². The first-order chi connectivity index (χ1) is 14.7. The maximum Gasteiger partial charge on any atom is 0.258 e. The van der Waals surface area contributed by atoms with Gasteiger partial charge in [-0.2, -0.15) is 5.10 Å². The number of amides is 1. The summed E-state index contributed by atoms with van der Waals surface area (Å²) in [6, 6.07) is 11.7. The predicted molar refractivity (Wildman–Crippen MR) is 115 cm³/mol. The minimum absolute atomic E-state index is 0.451. The zero-order valence-corrected chi connectivity index (χ0v) is 16.8. The Morgan fingerprint density at radius 1 is 1.10 bits per heavy atom. The van der Waals surface area contributed by atoms with Gasteiger partial charge < -0.3 is 20.7 Å². The lowest BCUT2D eigenvalue weighted by atomic mass is 10.2. The minimum Gasteiger partial charge on any atom is -0.378 e. The molecule has 1 aliphatic rings. The molecule has 1 aromatic carbocycles. The van der Waals surface area contributed by atoms with Gasteiger partial charge in [0.2, 0.25) is 0 Å². The van der Waals surface area contributed by atoms with Gasteiger partial charge in [-0.15, -0.1) is 11.3 Å². The van der Waals surface area contributed by atoms with Crippen molar-refractivity contribution in [1.29, 1.82) is 0 Å². The van der Waals surface area contributed by atoms with E-state index in [1.54, 1.807) is 16.8 Å². The van der Waals surface area contributed by atoms with Crippen LogP contribution in [-0.2, 0) is 4.74 Å². The van der Waals surface area contributed by atoms with Crippen molar-refractivity contribution >= 4 is 40.1 Å². The van der Waals surface area contributed by atoms with Gasteiger partial charge in [0.25, 0.3) is 5.91 Å². The lowest BCUT2D eigenvalue weighted by Crippen LogP contribution is -2.36. The second-order valence-electron chi connectivity index (χ2n) is 6.79. The van der Waals surface area contributed by atoms with Gasteiger partial charge in [-0.3, -0.25) is 4.79 Å². The van der Waals surface area contributed by atoms with Gasteiger partial charge in [0.05, 0.1) is 29.2 Å². The Morgan fingerprint density at radius 3 is 2.63 bits per heavy atom. The second kappa shape index (κ2) is 7.73. The molecule has 1 aliphatic heterocycles. The molecule has 0 atom stereocenters. The van der Waals surface area contributed by atoms with E-state index in [0.717, 1.165) is 42.6 Å². The number of hydrogen-bond donors (Lipinski definition) is 2. The molecule has 152 valence electrons. The Bertz CT molecular complexity index is 1200. The monoisotopic (exact) mass is 421 g/mol. The van der Waals surface area contributed by atoms with Crippen molar-refractivity contribution < 1.29 is 9.53 Å². The first-order valence-corrected chi connectivity index (χ1v) is 10.3. The number of thiophene rings is 1. The van der Waals surface area contributed by atoms with Crippen molar-refractivity contribution in [2.45, 2.75) is 0 Å². The number of nitrogens with one attached hydrogen (secondary N) is 1. The van der Waals surface area contributed by atoms with Gasteiger partial charge in [-0.1, -0.05) is 0 Å². The number of nitrogens with two attached hydrogens (primary N) is 1. The van der Waals surface area contributed by atoms with E-state index in [-0.39, 0.29) is 0 Å². The molecular formula is C20H19N7O2S. The molecule has 5 rings (SSSR count). The highest BCUT2D eigenvalue weighted by atomic mass is 32.1. The number of aromatic nitrogens is 4.